The van der Waals surface area contributed by atoms with Crippen LogP contribution in [0.5, 0.6) is 5.88 Å². The summed E-state index contributed by atoms with van der Waals surface area (Å²) < 4.78 is 51.4. The Kier molecular flexibility index (Phi) is 13.1. The molecule has 0 amide bonds. The van der Waals surface area contributed by atoms with E-state index in [0.717, 1.165) is 37.3 Å². The summed E-state index contributed by atoms with van der Waals surface area (Å²) in [6.45, 7) is 7.43. The molecule has 3 N–H and O–H groups in total. The van der Waals surface area contributed by atoms with Crippen LogP contribution < -0.4 is 25.6 Å². The minimum Gasteiger partial charge on any atom is -0.479 e. The second-order valence-electron chi connectivity index (χ2n) is 11.1. The number of halogens is 4. The third kappa shape index (κ3) is 10.2. The van der Waals surface area contributed by atoms with Crippen LogP contribution in [0.3, 0.4) is 0 Å². The summed E-state index contributed by atoms with van der Waals surface area (Å²) in [5.74, 6) is -0.565. The fraction of sp³-hybridized carbons (Fsp3) is 0.400. The molecule has 4 aromatic rings. The lowest BCUT2D eigenvalue weighted by atomic mass is 10.1. The van der Waals surface area contributed by atoms with Crippen molar-refractivity contribution in [2.75, 3.05) is 70.2 Å². The molecule has 0 atom stereocenters. The van der Waals surface area contributed by atoms with Gasteiger partial charge in [-0.1, -0.05) is 6.92 Å². The number of aryl methyl sites for hydroxylation is 1. The Morgan fingerprint density at radius 1 is 1.04 bits per heavy atom. The molecule has 13 nitrogen and oxygen atoms in total. The SMILES string of the molecule is CCc1cc(Nc2ncc(Br)c(Nc3ccc4nccnc4c3P(C)(C)=O)n2)c(OC)nc1N(C)CCCN(C)C.O=C(O)C(F)(F)F. The quantitative estimate of drug-likeness (QED) is 0.147. The predicted octanol–water partition coefficient (Wildman–Crippen LogP) is 5.90. The number of carboxylic acids is 1. The van der Waals surface area contributed by atoms with Crippen molar-refractivity contribution in [2.45, 2.75) is 25.9 Å². The zero-order chi connectivity index (χ0) is 35.8. The molecule has 3 aromatic heterocycles. The van der Waals surface area contributed by atoms with Crippen LogP contribution in [0.25, 0.3) is 11.0 Å². The van der Waals surface area contributed by atoms with Crippen molar-refractivity contribution in [2.24, 2.45) is 0 Å². The number of fused-ring (bicyclic) bond motifs is 1. The first-order valence-electron chi connectivity index (χ1n) is 14.6. The first-order chi connectivity index (χ1) is 22.5. The number of alkyl halides is 3. The molecule has 18 heteroatoms. The highest BCUT2D eigenvalue weighted by atomic mass is 79.9. The van der Waals surface area contributed by atoms with E-state index in [-0.39, 0.29) is 0 Å². The molecule has 0 aliphatic rings. The number of aromatic nitrogens is 5. The lowest BCUT2D eigenvalue weighted by Crippen LogP contribution is -2.25. The van der Waals surface area contributed by atoms with Gasteiger partial charge in [0, 0.05) is 32.2 Å². The van der Waals surface area contributed by atoms with Gasteiger partial charge in [-0.3, -0.25) is 9.97 Å². The molecule has 0 aliphatic heterocycles. The summed E-state index contributed by atoms with van der Waals surface area (Å²) in [6, 6.07) is 5.73. The monoisotopic (exact) mass is 755 g/mol. The van der Waals surface area contributed by atoms with Crippen LogP contribution in [0.1, 0.15) is 18.9 Å². The molecule has 1 aromatic carbocycles. The van der Waals surface area contributed by atoms with Crippen LogP contribution in [-0.2, 0) is 15.8 Å². The number of hydrogen-bond donors (Lipinski definition) is 3. The largest absolute Gasteiger partial charge is 0.490 e. The number of ether oxygens (including phenoxy) is 1. The Morgan fingerprint density at radius 3 is 2.29 bits per heavy atom. The number of pyridine rings is 1. The van der Waals surface area contributed by atoms with Gasteiger partial charge in [0.15, 0.2) is 0 Å². The van der Waals surface area contributed by atoms with Crippen molar-refractivity contribution in [1.82, 2.24) is 29.8 Å². The molecule has 3 heterocycles. The molecule has 0 aliphatic carbocycles. The van der Waals surface area contributed by atoms with E-state index < -0.39 is 19.3 Å². The van der Waals surface area contributed by atoms with Crippen molar-refractivity contribution in [3.05, 3.63) is 46.8 Å². The van der Waals surface area contributed by atoms with E-state index in [1.807, 2.05) is 18.2 Å². The molecule has 0 radical (unpaired) electrons. The zero-order valence-corrected chi connectivity index (χ0v) is 30.0. The summed E-state index contributed by atoms with van der Waals surface area (Å²) >= 11 is 3.55. The van der Waals surface area contributed by atoms with Crippen LogP contribution in [-0.4, -0.2) is 102 Å². The number of aliphatic carboxylic acids is 1. The minimum absolute atomic E-state index is 0.350. The van der Waals surface area contributed by atoms with E-state index in [4.69, 9.17) is 24.6 Å². The Hall–Kier alpha value is -4.08. The first kappa shape index (κ1) is 38.4. The number of carboxylic acid groups (broad SMARTS) is 1. The Bertz CT molecular complexity index is 1790. The second-order valence-corrected chi connectivity index (χ2v) is 15.1. The third-order valence-electron chi connectivity index (χ3n) is 6.72. The Morgan fingerprint density at radius 2 is 1.71 bits per heavy atom. The number of anilines is 5. The normalized spacial score (nSPS) is 11.6. The van der Waals surface area contributed by atoms with Gasteiger partial charge in [0.25, 0.3) is 0 Å². The second kappa shape index (κ2) is 16.3. The average molecular weight is 757 g/mol. The molecule has 0 bridgehead atoms. The summed E-state index contributed by atoms with van der Waals surface area (Å²) in [7, 11) is 5.07. The van der Waals surface area contributed by atoms with Gasteiger partial charge < -0.3 is 34.8 Å². The molecular weight excluding hydrogens is 718 g/mol. The van der Waals surface area contributed by atoms with Gasteiger partial charge in [0.1, 0.15) is 30.0 Å². The predicted molar refractivity (Wildman–Crippen MR) is 185 cm³/mol. The molecule has 0 saturated heterocycles. The van der Waals surface area contributed by atoms with E-state index in [9.17, 15) is 17.7 Å². The van der Waals surface area contributed by atoms with Crippen LogP contribution in [0.2, 0.25) is 0 Å². The summed E-state index contributed by atoms with van der Waals surface area (Å²) in [5, 5.41) is 14.4. The lowest BCUT2D eigenvalue weighted by Gasteiger charge is -2.23. The van der Waals surface area contributed by atoms with Crippen LogP contribution in [0, 0.1) is 0 Å². The highest BCUT2D eigenvalue weighted by molar-refractivity contribution is 9.10. The van der Waals surface area contributed by atoms with Crippen molar-refractivity contribution < 1.29 is 32.4 Å². The van der Waals surface area contributed by atoms with Crippen molar-refractivity contribution in [3.63, 3.8) is 0 Å². The van der Waals surface area contributed by atoms with Crippen molar-refractivity contribution in [1.29, 1.82) is 0 Å². The van der Waals surface area contributed by atoms with Gasteiger partial charge in [0.2, 0.25) is 11.8 Å². The van der Waals surface area contributed by atoms with Crippen molar-refractivity contribution in [3.8, 4) is 5.88 Å². The highest BCUT2D eigenvalue weighted by Crippen LogP contribution is 2.41. The van der Waals surface area contributed by atoms with E-state index >= 15 is 0 Å². The molecule has 4 rings (SSSR count). The maximum absolute atomic E-state index is 13.3. The number of nitrogens with one attached hydrogen (secondary N) is 2. The molecular formula is C30H38BrF3N9O4P. The summed E-state index contributed by atoms with van der Waals surface area (Å²) in [6.07, 6.45) is 1.62. The highest BCUT2D eigenvalue weighted by Gasteiger charge is 2.38. The molecule has 48 heavy (non-hydrogen) atoms. The molecule has 0 fully saturated rings. The number of benzene rings is 1. The average Bonchev–Trinajstić information content (AvgIpc) is 3.01. The molecule has 0 unspecified atom stereocenters. The molecule has 260 valence electrons. The smallest absolute Gasteiger partial charge is 0.479 e. The van der Waals surface area contributed by atoms with E-state index in [0.29, 0.717) is 49.8 Å². The fourth-order valence-corrected chi connectivity index (χ4v) is 6.21. The minimum atomic E-state index is -5.08. The number of carbonyl (C=O) groups is 1. The van der Waals surface area contributed by atoms with Crippen LogP contribution in [0.15, 0.2) is 41.3 Å². The fourth-order valence-electron chi connectivity index (χ4n) is 4.53. The molecule has 0 saturated carbocycles. The lowest BCUT2D eigenvalue weighted by molar-refractivity contribution is -0.192. The number of rotatable bonds is 12. The van der Waals surface area contributed by atoms with E-state index in [1.54, 1.807) is 39.0 Å². The Labute approximate surface area is 284 Å². The van der Waals surface area contributed by atoms with Gasteiger partial charge >= 0.3 is 12.1 Å². The summed E-state index contributed by atoms with van der Waals surface area (Å²) in [4.78, 5) is 36.1. The van der Waals surface area contributed by atoms with Gasteiger partial charge in [-0.05, 0) is 86.5 Å². The number of hydrogen-bond acceptors (Lipinski definition) is 12. The summed E-state index contributed by atoms with van der Waals surface area (Å²) in [5.41, 5.74) is 3.67. The maximum atomic E-state index is 13.3. The van der Waals surface area contributed by atoms with Gasteiger partial charge in [-0.25, -0.2) is 9.78 Å². The van der Waals surface area contributed by atoms with Gasteiger partial charge in [-0.15, -0.1) is 0 Å². The topological polar surface area (TPSA) is 159 Å². The van der Waals surface area contributed by atoms with E-state index in [1.165, 1.54) is 0 Å². The first-order valence-corrected chi connectivity index (χ1v) is 17.9. The van der Waals surface area contributed by atoms with E-state index in [2.05, 4.69) is 79.4 Å². The Balaban J connectivity index is 0.000000804. The van der Waals surface area contributed by atoms with Crippen molar-refractivity contribution >= 4 is 74.3 Å². The standard InChI is InChI=1S/C28H37BrN9O2P.C2HF3O2/c1-8-18-16-22(27(40-5)36-26(18)38(4)15-9-14-37(2)3)34-28-32-17-19(29)25(35-28)33-21-11-10-20-23(31-13-12-30-20)24(21)41(6,7)39;3-2(4,5)1(6)7/h10-13,16-17H,8-9,14-15H2,1-7H3,(H2,32,33,34,35);(H,6,7). The van der Waals surface area contributed by atoms with Gasteiger partial charge in [0.05, 0.1) is 28.1 Å². The van der Waals surface area contributed by atoms with Crippen LogP contribution >= 0.6 is 23.1 Å². The van der Waals surface area contributed by atoms with Crippen LogP contribution in [0.4, 0.5) is 42.1 Å². The third-order valence-corrected chi connectivity index (χ3v) is 8.83. The molecule has 0 spiro atoms. The zero-order valence-electron chi connectivity index (χ0n) is 27.6. The number of methoxy groups -OCH3 is 1. The number of nitrogens with zero attached hydrogens (tertiary/aromatic N) is 7. The maximum Gasteiger partial charge on any atom is 0.490 e. The van der Waals surface area contributed by atoms with Gasteiger partial charge in [-0.2, -0.15) is 23.1 Å².